The van der Waals surface area contributed by atoms with Gasteiger partial charge in [-0.1, -0.05) is 22.6 Å². The van der Waals surface area contributed by atoms with Crippen molar-refractivity contribution in [2.24, 2.45) is 0 Å². The monoisotopic (exact) mass is 362 g/mol. The highest BCUT2D eigenvalue weighted by Gasteiger charge is 2.16. The number of carboxylic acid groups (broad SMARTS) is 2. The van der Waals surface area contributed by atoms with Crippen molar-refractivity contribution in [3.05, 3.63) is 34.4 Å². The predicted octanol–water partition coefficient (Wildman–Crippen LogP) is 3.15. The van der Waals surface area contributed by atoms with E-state index in [1.165, 1.54) is 6.92 Å². The SMILES string of the molecule is Cc1c(C(=O)O)cc(CCCCI)cc1C(=O)O. The summed E-state index contributed by atoms with van der Waals surface area (Å²) in [6.07, 6.45) is 2.69. The summed E-state index contributed by atoms with van der Waals surface area (Å²) in [5, 5.41) is 18.1. The Balaban J connectivity index is 3.12. The molecule has 0 aromatic heterocycles. The first-order chi connectivity index (χ1) is 8.47. The van der Waals surface area contributed by atoms with E-state index in [1.807, 2.05) is 0 Å². The van der Waals surface area contributed by atoms with E-state index in [-0.39, 0.29) is 11.1 Å². The van der Waals surface area contributed by atoms with Gasteiger partial charge < -0.3 is 10.2 Å². The smallest absolute Gasteiger partial charge is 0.335 e. The molecule has 0 amide bonds. The first-order valence-corrected chi connectivity index (χ1v) is 7.16. The number of hydrogen-bond donors (Lipinski definition) is 2. The molecule has 0 saturated carbocycles. The summed E-state index contributed by atoms with van der Waals surface area (Å²) in [4.78, 5) is 22.2. The molecular formula is C13H15IO4. The lowest BCUT2D eigenvalue weighted by Gasteiger charge is -2.09. The number of halogens is 1. The predicted molar refractivity (Wildman–Crippen MR) is 76.9 cm³/mol. The minimum Gasteiger partial charge on any atom is -0.478 e. The lowest BCUT2D eigenvalue weighted by Crippen LogP contribution is -2.08. The van der Waals surface area contributed by atoms with Crippen molar-refractivity contribution in [2.45, 2.75) is 26.2 Å². The second-order valence-electron chi connectivity index (χ2n) is 4.07. The van der Waals surface area contributed by atoms with E-state index in [0.717, 1.165) is 22.8 Å². The van der Waals surface area contributed by atoms with Crippen LogP contribution in [-0.4, -0.2) is 26.6 Å². The van der Waals surface area contributed by atoms with Gasteiger partial charge in [-0.15, -0.1) is 0 Å². The van der Waals surface area contributed by atoms with Crippen molar-refractivity contribution in [1.29, 1.82) is 0 Å². The van der Waals surface area contributed by atoms with Gasteiger partial charge in [-0.2, -0.15) is 0 Å². The highest BCUT2D eigenvalue weighted by Crippen LogP contribution is 2.19. The molecule has 0 fully saturated rings. The summed E-state index contributed by atoms with van der Waals surface area (Å²) in [6.45, 7) is 1.53. The van der Waals surface area contributed by atoms with Crippen LogP contribution in [0.25, 0.3) is 0 Å². The highest BCUT2D eigenvalue weighted by molar-refractivity contribution is 14.1. The number of rotatable bonds is 6. The Morgan fingerprint density at radius 3 is 2.00 bits per heavy atom. The Labute approximate surface area is 119 Å². The highest BCUT2D eigenvalue weighted by atomic mass is 127. The van der Waals surface area contributed by atoms with E-state index in [4.69, 9.17) is 10.2 Å². The fourth-order valence-corrected chi connectivity index (χ4v) is 2.33. The molecule has 0 aliphatic heterocycles. The number of carbonyl (C=O) groups is 2. The zero-order valence-corrected chi connectivity index (χ0v) is 12.2. The molecule has 1 aromatic rings. The molecule has 0 unspecified atom stereocenters. The summed E-state index contributed by atoms with van der Waals surface area (Å²) < 4.78 is 1.04. The van der Waals surface area contributed by atoms with E-state index in [1.54, 1.807) is 12.1 Å². The van der Waals surface area contributed by atoms with E-state index >= 15 is 0 Å². The quantitative estimate of drug-likeness (QED) is 0.463. The number of aryl methyl sites for hydroxylation is 1. The van der Waals surface area contributed by atoms with Crippen LogP contribution in [0.2, 0.25) is 0 Å². The molecular weight excluding hydrogens is 347 g/mol. The van der Waals surface area contributed by atoms with E-state index in [2.05, 4.69) is 22.6 Å². The summed E-state index contributed by atoms with van der Waals surface area (Å²) in [5.41, 5.74) is 1.26. The molecule has 0 heterocycles. The third-order valence-electron chi connectivity index (χ3n) is 2.78. The molecule has 0 saturated heterocycles. The van der Waals surface area contributed by atoms with E-state index in [0.29, 0.717) is 12.0 Å². The molecule has 1 aromatic carbocycles. The maximum Gasteiger partial charge on any atom is 0.335 e. The molecule has 0 spiro atoms. The van der Waals surface area contributed by atoms with Gasteiger partial charge in [-0.3, -0.25) is 0 Å². The Hall–Kier alpha value is -1.11. The number of benzene rings is 1. The number of unbranched alkanes of at least 4 members (excludes halogenated alkanes) is 1. The number of alkyl halides is 1. The molecule has 5 heteroatoms. The van der Waals surface area contributed by atoms with Crippen molar-refractivity contribution in [3.63, 3.8) is 0 Å². The van der Waals surface area contributed by atoms with Crippen LogP contribution < -0.4 is 0 Å². The first kappa shape index (κ1) is 14.9. The van der Waals surface area contributed by atoms with Crippen LogP contribution in [0, 0.1) is 6.92 Å². The lowest BCUT2D eigenvalue weighted by atomic mass is 9.96. The van der Waals surface area contributed by atoms with Gasteiger partial charge in [0.05, 0.1) is 11.1 Å². The molecule has 18 heavy (non-hydrogen) atoms. The zero-order chi connectivity index (χ0) is 13.7. The Bertz CT molecular complexity index is 433. The molecule has 0 aliphatic carbocycles. The summed E-state index contributed by atoms with van der Waals surface area (Å²) >= 11 is 2.28. The number of aromatic carboxylic acids is 2. The fraction of sp³-hybridized carbons (Fsp3) is 0.385. The third kappa shape index (κ3) is 3.69. The van der Waals surface area contributed by atoms with Crippen LogP contribution in [0.1, 0.15) is 44.7 Å². The summed E-state index contributed by atoms with van der Waals surface area (Å²) in [7, 11) is 0. The van der Waals surface area contributed by atoms with Crippen molar-refractivity contribution < 1.29 is 19.8 Å². The van der Waals surface area contributed by atoms with Crippen LogP contribution in [-0.2, 0) is 6.42 Å². The normalized spacial score (nSPS) is 10.3. The molecule has 98 valence electrons. The molecule has 4 nitrogen and oxygen atoms in total. The van der Waals surface area contributed by atoms with Gasteiger partial charge in [0.2, 0.25) is 0 Å². The average molecular weight is 362 g/mol. The minimum atomic E-state index is -1.08. The Kier molecular flexibility index (Phi) is 5.58. The van der Waals surface area contributed by atoms with Crippen LogP contribution in [0.15, 0.2) is 12.1 Å². The van der Waals surface area contributed by atoms with Gasteiger partial charge >= 0.3 is 11.9 Å². The maximum absolute atomic E-state index is 11.1. The second kappa shape index (κ2) is 6.72. The Morgan fingerprint density at radius 2 is 1.61 bits per heavy atom. The van der Waals surface area contributed by atoms with Gasteiger partial charge in [0.25, 0.3) is 0 Å². The Morgan fingerprint density at radius 1 is 1.11 bits per heavy atom. The molecule has 1 rings (SSSR count). The first-order valence-electron chi connectivity index (χ1n) is 5.63. The van der Waals surface area contributed by atoms with Gasteiger partial charge in [0.1, 0.15) is 0 Å². The van der Waals surface area contributed by atoms with Gasteiger partial charge in [-0.25, -0.2) is 9.59 Å². The second-order valence-corrected chi connectivity index (χ2v) is 5.15. The zero-order valence-electron chi connectivity index (χ0n) is 10.1. The average Bonchev–Trinajstić information content (AvgIpc) is 2.30. The minimum absolute atomic E-state index is 0.0828. The van der Waals surface area contributed by atoms with Crippen molar-refractivity contribution in [3.8, 4) is 0 Å². The standard InChI is InChI=1S/C13H15IO4/c1-8-10(12(15)16)6-9(4-2-3-5-14)7-11(8)13(17)18/h6-7H,2-5H2,1H3,(H,15,16)(H,17,18). The topological polar surface area (TPSA) is 74.6 Å². The van der Waals surface area contributed by atoms with Gasteiger partial charge in [0, 0.05) is 0 Å². The summed E-state index contributed by atoms with van der Waals surface area (Å²) in [5.74, 6) is -2.16. The van der Waals surface area contributed by atoms with Crippen LogP contribution in [0.5, 0.6) is 0 Å². The van der Waals surface area contributed by atoms with Crippen molar-refractivity contribution in [2.75, 3.05) is 4.43 Å². The molecule has 2 N–H and O–H groups in total. The molecule has 0 atom stereocenters. The number of hydrogen-bond acceptors (Lipinski definition) is 2. The third-order valence-corrected chi connectivity index (χ3v) is 3.54. The van der Waals surface area contributed by atoms with Crippen molar-refractivity contribution in [1.82, 2.24) is 0 Å². The lowest BCUT2D eigenvalue weighted by molar-refractivity contribution is 0.0696. The van der Waals surface area contributed by atoms with Crippen molar-refractivity contribution >= 4 is 34.5 Å². The van der Waals surface area contributed by atoms with Gasteiger partial charge in [-0.05, 0) is 53.9 Å². The number of carboxylic acids is 2. The molecule has 0 aliphatic rings. The van der Waals surface area contributed by atoms with E-state index < -0.39 is 11.9 Å². The molecule has 0 radical (unpaired) electrons. The van der Waals surface area contributed by atoms with Gasteiger partial charge in [0.15, 0.2) is 0 Å². The van der Waals surface area contributed by atoms with Crippen LogP contribution in [0.3, 0.4) is 0 Å². The largest absolute Gasteiger partial charge is 0.478 e. The fourth-order valence-electron chi connectivity index (χ4n) is 1.79. The van der Waals surface area contributed by atoms with Crippen LogP contribution in [0.4, 0.5) is 0 Å². The molecule has 0 bridgehead atoms. The summed E-state index contributed by atoms with van der Waals surface area (Å²) in [6, 6.07) is 3.16. The van der Waals surface area contributed by atoms with Crippen LogP contribution >= 0.6 is 22.6 Å². The maximum atomic E-state index is 11.1. The van der Waals surface area contributed by atoms with E-state index in [9.17, 15) is 9.59 Å².